The lowest BCUT2D eigenvalue weighted by molar-refractivity contribution is -0.133. The number of nitrogens with zero attached hydrogens (tertiary/aromatic N) is 1. The van der Waals surface area contributed by atoms with Crippen LogP contribution in [0.4, 0.5) is 4.39 Å². The minimum Gasteiger partial charge on any atom is -0.383 e. The van der Waals surface area contributed by atoms with Gasteiger partial charge in [0.2, 0.25) is 5.91 Å². The molecule has 1 aromatic carbocycles. The molecular formula is C16H23FN2O2. The first-order valence-electron chi connectivity index (χ1n) is 7.41. The molecule has 1 heterocycles. The van der Waals surface area contributed by atoms with Crippen LogP contribution in [0.2, 0.25) is 0 Å². The van der Waals surface area contributed by atoms with E-state index in [1.807, 2.05) is 0 Å². The van der Waals surface area contributed by atoms with E-state index in [9.17, 15) is 9.18 Å². The summed E-state index contributed by atoms with van der Waals surface area (Å²) in [7, 11) is 1.60. The summed E-state index contributed by atoms with van der Waals surface area (Å²) in [6.07, 6.45) is 1.55. The third-order valence-electron chi connectivity index (χ3n) is 3.86. The van der Waals surface area contributed by atoms with Gasteiger partial charge in [0.05, 0.1) is 6.61 Å². The second kappa shape index (κ2) is 8.10. The monoisotopic (exact) mass is 294 g/mol. The lowest BCUT2D eigenvalue weighted by atomic mass is 10.0. The third-order valence-corrected chi connectivity index (χ3v) is 3.86. The Morgan fingerprint density at radius 2 is 2.29 bits per heavy atom. The molecule has 0 aromatic heterocycles. The standard InChI is InChI=1S/C16H23FN2O2/c1-21-9-8-19(12-14-4-2-3-5-15(14)17)16(20)10-13-6-7-18-11-13/h2-5,13,18H,6-12H2,1H3/t13-/m1/s1. The van der Waals surface area contributed by atoms with Gasteiger partial charge in [0.1, 0.15) is 5.82 Å². The Balaban J connectivity index is 1.99. The number of methoxy groups -OCH3 is 1. The molecule has 116 valence electrons. The minimum absolute atomic E-state index is 0.0732. The van der Waals surface area contributed by atoms with Crippen molar-refractivity contribution in [1.29, 1.82) is 0 Å². The molecule has 0 saturated carbocycles. The average Bonchev–Trinajstić information content (AvgIpc) is 2.98. The predicted octanol–water partition coefficient (Wildman–Crippen LogP) is 1.80. The number of halogens is 1. The van der Waals surface area contributed by atoms with E-state index in [2.05, 4.69) is 5.32 Å². The highest BCUT2D eigenvalue weighted by molar-refractivity contribution is 5.76. The molecule has 1 aliphatic heterocycles. The van der Waals surface area contributed by atoms with E-state index in [1.165, 1.54) is 6.07 Å². The molecule has 1 saturated heterocycles. The zero-order chi connectivity index (χ0) is 15.1. The van der Waals surface area contributed by atoms with Crippen LogP contribution >= 0.6 is 0 Å². The molecule has 1 aliphatic rings. The summed E-state index contributed by atoms with van der Waals surface area (Å²) < 4.78 is 18.8. The first-order chi connectivity index (χ1) is 10.2. The van der Waals surface area contributed by atoms with Crippen LogP contribution in [0.15, 0.2) is 24.3 Å². The number of nitrogens with one attached hydrogen (secondary N) is 1. The summed E-state index contributed by atoms with van der Waals surface area (Å²) >= 11 is 0. The van der Waals surface area contributed by atoms with Gasteiger partial charge in [0.15, 0.2) is 0 Å². The Labute approximate surface area is 125 Å². The second-order valence-electron chi connectivity index (χ2n) is 5.46. The Morgan fingerprint density at radius 1 is 1.48 bits per heavy atom. The van der Waals surface area contributed by atoms with E-state index in [1.54, 1.807) is 30.2 Å². The van der Waals surface area contributed by atoms with Crippen LogP contribution in [0.1, 0.15) is 18.4 Å². The molecule has 0 unspecified atom stereocenters. The number of carbonyl (C=O) groups is 1. The van der Waals surface area contributed by atoms with Crippen LogP contribution in [-0.2, 0) is 16.1 Å². The van der Waals surface area contributed by atoms with E-state index < -0.39 is 0 Å². The highest BCUT2D eigenvalue weighted by Gasteiger charge is 2.22. The number of carbonyl (C=O) groups excluding carboxylic acids is 1. The fourth-order valence-electron chi connectivity index (χ4n) is 2.59. The summed E-state index contributed by atoms with van der Waals surface area (Å²) in [5, 5.41) is 3.26. The van der Waals surface area contributed by atoms with Crippen LogP contribution in [-0.4, -0.2) is 44.2 Å². The molecule has 2 rings (SSSR count). The van der Waals surface area contributed by atoms with Crippen LogP contribution in [0, 0.1) is 11.7 Å². The zero-order valence-electron chi connectivity index (χ0n) is 12.5. The lowest BCUT2D eigenvalue weighted by Crippen LogP contribution is -2.35. The molecule has 0 aliphatic carbocycles. The summed E-state index contributed by atoms with van der Waals surface area (Å²) in [6.45, 7) is 3.12. The van der Waals surface area contributed by atoms with E-state index in [0.29, 0.717) is 37.6 Å². The normalized spacial score (nSPS) is 17.9. The van der Waals surface area contributed by atoms with E-state index in [4.69, 9.17) is 4.74 Å². The van der Waals surface area contributed by atoms with E-state index in [0.717, 1.165) is 19.5 Å². The van der Waals surface area contributed by atoms with Crippen molar-refractivity contribution in [1.82, 2.24) is 10.2 Å². The lowest BCUT2D eigenvalue weighted by Gasteiger charge is -2.24. The number of amides is 1. The van der Waals surface area contributed by atoms with Crippen molar-refractivity contribution in [3.05, 3.63) is 35.6 Å². The fraction of sp³-hybridized carbons (Fsp3) is 0.562. The minimum atomic E-state index is -0.268. The van der Waals surface area contributed by atoms with Gasteiger partial charge in [-0.1, -0.05) is 18.2 Å². The van der Waals surface area contributed by atoms with Gasteiger partial charge in [-0.15, -0.1) is 0 Å². The molecule has 1 atom stereocenters. The number of hydrogen-bond acceptors (Lipinski definition) is 3. The van der Waals surface area contributed by atoms with E-state index in [-0.39, 0.29) is 11.7 Å². The van der Waals surface area contributed by atoms with Crippen molar-refractivity contribution in [2.75, 3.05) is 33.4 Å². The van der Waals surface area contributed by atoms with Crippen molar-refractivity contribution >= 4 is 5.91 Å². The van der Waals surface area contributed by atoms with Gasteiger partial charge in [0.25, 0.3) is 0 Å². The van der Waals surface area contributed by atoms with Crippen molar-refractivity contribution in [2.45, 2.75) is 19.4 Å². The Kier molecular flexibility index (Phi) is 6.14. The maximum Gasteiger partial charge on any atom is 0.223 e. The maximum absolute atomic E-state index is 13.8. The Hall–Kier alpha value is -1.46. The molecule has 4 nitrogen and oxygen atoms in total. The maximum atomic E-state index is 13.8. The first-order valence-corrected chi connectivity index (χ1v) is 7.41. The summed E-state index contributed by atoms with van der Waals surface area (Å²) in [5.41, 5.74) is 0.548. The molecule has 0 bridgehead atoms. The number of benzene rings is 1. The Morgan fingerprint density at radius 3 is 2.95 bits per heavy atom. The predicted molar refractivity (Wildman–Crippen MR) is 79.3 cm³/mol. The van der Waals surface area contributed by atoms with Crippen molar-refractivity contribution in [2.24, 2.45) is 5.92 Å². The zero-order valence-corrected chi connectivity index (χ0v) is 12.5. The molecule has 1 N–H and O–H groups in total. The average molecular weight is 294 g/mol. The Bertz CT molecular complexity index is 461. The number of hydrogen-bond donors (Lipinski definition) is 1. The highest BCUT2D eigenvalue weighted by atomic mass is 19.1. The van der Waals surface area contributed by atoms with Gasteiger partial charge < -0.3 is 15.0 Å². The largest absolute Gasteiger partial charge is 0.383 e. The molecule has 1 fully saturated rings. The molecule has 21 heavy (non-hydrogen) atoms. The fourth-order valence-corrected chi connectivity index (χ4v) is 2.59. The molecule has 0 spiro atoms. The third kappa shape index (κ3) is 4.79. The van der Waals surface area contributed by atoms with Gasteiger partial charge in [-0.2, -0.15) is 0 Å². The van der Waals surface area contributed by atoms with Gasteiger partial charge in [-0.3, -0.25) is 4.79 Å². The SMILES string of the molecule is COCCN(Cc1ccccc1F)C(=O)C[C@H]1CCNC1. The second-order valence-corrected chi connectivity index (χ2v) is 5.46. The van der Waals surface area contributed by atoms with Crippen molar-refractivity contribution < 1.29 is 13.9 Å². The van der Waals surface area contributed by atoms with E-state index >= 15 is 0 Å². The van der Waals surface area contributed by atoms with Crippen LogP contribution in [0.5, 0.6) is 0 Å². The van der Waals surface area contributed by atoms with Gasteiger partial charge >= 0.3 is 0 Å². The molecule has 1 amide bonds. The van der Waals surface area contributed by atoms with Crippen molar-refractivity contribution in [3.63, 3.8) is 0 Å². The molecule has 1 aromatic rings. The summed E-state index contributed by atoms with van der Waals surface area (Å²) in [5.74, 6) is 0.197. The van der Waals surface area contributed by atoms with Crippen molar-refractivity contribution in [3.8, 4) is 0 Å². The number of ether oxygens (including phenoxy) is 1. The summed E-state index contributed by atoms with van der Waals surface area (Å²) in [6, 6.07) is 6.59. The molecule has 0 radical (unpaired) electrons. The molecule has 5 heteroatoms. The number of rotatable bonds is 7. The first kappa shape index (κ1) is 15.9. The smallest absolute Gasteiger partial charge is 0.223 e. The van der Waals surface area contributed by atoms with Gasteiger partial charge in [0, 0.05) is 32.2 Å². The molecular weight excluding hydrogens is 271 g/mol. The van der Waals surface area contributed by atoms with Crippen LogP contribution in [0.3, 0.4) is 0 Å². The van der Waals surface area contributed by atoms with Gasteiger partial charge in [-0.05, 0) is 31.5 Å². The quantitative estimate of drug-likeness (QED) is 0.834. The van der Waals surface area contributed by atoms with Crippen LogP contribution < -0.4 is 5.32 Å². The van der Waals surface area contributed by atoms with Gasteiger partial charge in [-0.25, -0.2) is 4.39 Å². The summed E-state index contributed by atoms with van der Waals surface area (Å²) in [4.78, 5) is 14.1. The topological polar surface area (TPSA) is 41.6 Å². The highest BCUT2D eigenvalue weighted by Crippen LogP contribution is 2.16. The van der Waals surface area contributed by atoms with Crippen LogP contribution in [0.25, 0.3) is 0 Å².